The Morgan fingerprint density at radius 3 is 3.13 bits per heavy atom. The fourth-order valence-corrected chi connectivity index (χ4v) is 2.33. The van der Waals surface area contributed by atoms with Gasteiger partial charge in [-0.3, -0.25) is 4.98 Å². The maximum atomic E-state index is 13.4. The number of thiophene rings is 1. The first-order valence-electron chi connectivity index (χ1n) is 4.63. The summed E-state index contributed by atoms with van der Waals surface area (Å²) >= 11 is 1.55. The molecule has 0 aliphatic rings. The number of pyridine rings is 1. The molecule has 0 aliphatic carbocycles. The maximum absolute atomic E-state index is 13.4. The summed E-state index contributed by atoms with van der Waals surface area (Å²) in [6, 6.07) is 3.70. The lowest BCUT2D eigenvalue weighted by Crippen LogP contribution is -2.03. The average Bonchev–Trinajstić information content (AvgIpc) is 2.68. The van der Waals surface area contributed by atoms with Crippen LogP contribution in [0.1, 0.15) is 5.56 Å². The second kappa shape index (κ2) is 4.51. The summed E-state index contributed by atoms with van der Waals surface area (Å²) in [7, 11) is 1.89. The Kier molecular flexibility index (Phi) is 3.08. The zero-order valence-electron chi connectivity index (χ0n) is 8.33. The van der Waals surface area contributed by atoms with E-state index in [0.29, 0.717) is 5.56 Å². The Labute approximate surface area is 91.8 Å². The number of nitrogens with zero attached hydrogens (tertiary/aromatic N) is 1. The molecule has 0 radical (unpaired) electrons. The van der Waals surface area contributed by atoms with Crippen LogP contribution < -0.4 is 5.32 Å². The quantitative estimate of drug-likeness (QED) is 0.863. The van der Waals surface area contributed by atoms with Crippen molar-refractivity contribution in [2.45, 2.75) is 6.54 Å². The van der Waals surface area contributed by atoms with Gasteiger partial charge in [0, 0.05) is 23.2 Å². The summed E-state index contributed by atoms with van der Waals surface area (Å²) in [6.45, 7) is 0.809. The highest BCUT2D eigenvalue weighted by atomic mass is 32.1. The fourth-order valence-electron chi connectivity index (χ4n) is 1.39. The van der Waals surface area contributed by atoms with Gasteiger partial charge >= 0.3 is 0 Å². The van der Waals surface area contributed by atoms with E-state index < -0.39 is 0 Å². The first-order valence-corrected chi connectivity index (χ1v) is 5.51. The van der Waals surface area contributed by atoms with Gasteiger partial charge in [0.15, 0.2) is 0 Å². The molecule has 0 aromatic carbocycles. The van der Waals surface area contributed by atoms with Crippen LogP contribution in [-0.2, 0) is 6.54 Å². The van der Waals surface area contributed by atoms with Gasteiger partial charge in [0.2, 0.25) is 0 Å². The second-order valence-electron chi connectivity index (χ2n) is 3.21. The van der Waals surface area contributed by atoms with E-state index in [1.165, 1.54) is 11.8 Å². The molecule has 0 amide bonds. The van der Waals surface area contributed by atoms with Crippen molar-refractivity contribution in [2.24, 2.45) is 0 Å². The monoisotopic (exact) mass is 222 g/mol. The van der Waals surface area contributed by atoms with Crippen LogP contribution in [0.3, 0.4) is 0 Å². The van der Waals surface area contributed by atoms with Crippen LogP contribution in [0, 0.1) is 5.82 Å². The summed E-state index contributed by atoms with van der Waals surface area (Å²) in [4.78, 5) is 4.68. The topological polar surface area (TPSA) is 24.9 Å². The van der Waals surface area contributed by atoms with E-state index in [1.54, 1.807) is 23.6 Å². The summed E-state index contributed by atoms with van der Waals surface area (Å²) < 4.78 is 13.4. The molecule has 1 N–H and O–H groups in total. The van der Waals surface area contributed by atoms with E-state index in [4.69, 9.17) is 0 Å². The molecule has 2 rings (SSSR count). The Morgan fingerprint density at radius 1 is 1.53 bits per heavy atom. The number of hydrogen-bond acceptors (Lipinski definition) is 3. The molecule has 2 heterocycles. The number of hydrogen-bond donors (Lipinski definition) is 1. The molecular formula is C11H11FN2S. The minimum atomic E-state index is -0.268. The van der Waals surface area contributed by atoms with Crippen LogP contribution in [0.25, 0.3) is 10.4 Å². The first-order chi connectivity index (χ1) is 7.31. The first kappa shape index (κ1) is 10.3. The molecule has 0 spiro atoms. The minimum absolute atomic E-state index is 0.268. The van der Waals surface area contributed by atoms with Gasteiger partial charge in [-0.15, -0.1) is 11.3 Å². The van der Waals surface area contributed by atoms with Crippen molar-refractivity contribution in [3.05, 3.63) is 41.3 Å². The lowest BCUT2D eigenvalue weighted by atomic mass is 10.2. The van der Waals surface area contributed by atoms with Crippen LogP contribution in [0.2, 0.25) is 0 Å². The van der Waals surface area contributed by atoms with Gasteiger partial charge in [-0.1, -0.05) is 0 Å². The molecule has 2 aromatic rings. The van der Waals surface area contributed by atoms with Crippen molar-refractivity contribution in [2.75, 3.05) is 7.05 Å². The van der Waals surface area contributed by atoms with Gasteiger partial charge in [-0.05, 0) is 30.1 Å². The maximum Gasteiger partial charge on any atom is 0.150 e. The van der Waals surface area contributed by atoms with Crippen molar-refractivity contribution >= 4 is 11.3 Å². The largest absolute Gasteiger partial charge is 0.316 e. The fraction of sp³-hybridized carbons (Fsp3) is 0.182. The van der Waals surface area contributed by atoms with Crippen LogP contribution in [0.5, 0.6) is 0 Å². The Bertz CT molecular complexity index is 453. The third-order valence-electron chi connectivity index (χ3n) is 2.07. The molecule has 0 saturated heterocycles. The molecular weight excluding hydrogens is 211 g/mol. The van der Waals surface area contributed by atoms with Crippen molar-refractivity contribution in [1.82, 2.24) is 10.3 Å². The molecule has 0 unspecified atom stereocenters. The van der Waals surface area contributed by atoms with E-state index in [2.05, 4.69) is 10.3 Å². The number of nitrogens with one attached hydrogen (secondary N) is 1. The van der Waals surface area contributed by atoms with E-state index >= 15 is 0 Å². The van der Waals surface area contributed by atoms with E-state index in [1.807, 2.05) is 18.5 Å². The highest BCUT2D eigenvalue weighted by Crippen LogP contribution is 2.28. The third kappa shape index (κ3) is 2.22. The molecule has 4 heteroatoms. The molecule has 0 bridgehead atoms. The van der Waals surface area contributed by atoms with Crippen LogP contribution in [0.4, 0.5) is 4.39 Å². The van der Waals surface area contributed by atoms with E-state index in [-0.39, 0.29) is 5.82 Å². The molecule has 0 atom stereocenters. The predicted octanol–water partition coefficient (Wildman–Crippen LogP) is 2.67. The normalized spacial score (nSPS) is 10.5. The van der Waals surface area contributed by atoms with Crippen molar-refractivity contribution in [1.29, 1.82) is 0 Å². The zero-order chi connectivity index (χ0) is 10.7. The summed E-state index contributed by atoms with van der Waals surface area (Å²) in [6.07, 6.45) is 2.85. The van der Waals surface area contributed by atoms with Crippen LogP contribution >= 0.6 is 11.3 Å². The zero-order valence-corrected chi connectivity index (χ0v) is 9.14. The summed E-state index contributed by atoms with van der Waals surface area (Å²) in [5.41, 5.74) is 1.80. The number of rotatable bonds is 3. The number of aromatic nitrogens is 1. The van der Waals surface area contributed by atoms with Gasteiger partial charge in [0.1, 0.15) is 5.82 Å². The average molecular weight is 222 g/mol. The van der Waals surface area contributed by atoms with Gasteiger partial charge in [0.25, 0.3) is 0 Å². The molecule has 0 fully saturated rings. The smallest absolute Gasteiger partial charge is 0.150 e. The molecule has 2 nitrogen and oxygen atoms in total. The van der Waals surface area contributed by atoms with Gasteiger partial charge < -0.3 is 5.32 Å². The van der Waals surface area contributed by atoms with Crippen molar-refractivity contribution < 1.29 is 4.39 Å². The summed E-state index contributed by atoms with van der Waals surface area (Å²) in [5.74, 6) is -0.268. The van der Waals surface area contributed by atoms with Crippen molar-refractivity contribution in [3.8, 4) is 10.4 Å². The molecule has 0 saturated carbocycles. The van der Waals surface area contributed by atoms with Gasteiger partial charge in [0.05, 0.1) is 6.20 Å². The Balaban J connectivity index is 2.33. The molecule has 0 aliphatic heterocycles. The second-order valence-corrected chi connectivity index (χ2v) is 4.12. The highest BCUT2D eigenvalue weighted by molar-refractivity contribution is 7.13. The lowest BCUT2D eigenvalue weighted by molar-refractivity contribution is 0.625. The van der Waals surface area contributed by atoms with Crippen molar-refractivity contribution in [3.63, 3.8) is 0 Å². The van der Waals surface area contributed by atoms with E-state index in [9.17, 15) is 4.39 Å². The number of halogens is 1. The SMILES string of the molecule is CNCc1csc(-c2ccncc2F)c1. The lowest BCUT2D eigenvalue weighted by Gasteiger charge is -1.97. The molecule has 78 valence electrons. The van der Waals surface area contributed by atoms with Crippen LogP contribution in [-0.4, -0.2) is 12.0 Å². The highest BCUT2D eigenvalue weighted by Gasteiger charge is 2.06. The Morgan fingerprint density at radius 2 is 2.40 bits per heavy atom. The Hall–Kier alpha value is -1.26. The molecule has 2 aromatic heterocycles. The third-order valence-corrected chi connectivity index (χ3v) is 3.08. The van der Waals surface area contributed by atoms with Gasteiger partial charge in [-0.25, -0.2) is 4.39 Å². The van der Waals surface area contributed by atoms with Gasteiger partial charge in [-0.2, -0.15) is 0 Å². The standard InChI is InChI=1S/C11H11FN2S/c1-13-5-8-4-11(15-7-8)9-2-3-14-6-10(9)12/h2-4,6-7,13H,5H2,1H3. The molecule has 15 heavy (non-hydrogen) atoms. The van der Waals surface area contributed by atoms with E-state index in [0.717, 1.165) is 11.4 Å². The predicted molar refractivity (Wildman–Crippen MR) is 60.3 cm³/mol. The summed E-state index contributed by atoms with van der Waals surface area (Å²) in [5, 5.41) is 5.10. The van der Waals surface area contributed by atoms with Crippen LogP contribution in [0.15, 0.2) is 29.9 Å². The minimum Gasteiger partial charge on any atom is -0.316 e.